The molecule has 5 heteroatoms. The fourth-order valence-corrected chi connectivity index (χ4v) is 3.87. The third-order valence-electron chi connectivity index (χ3n) is 5.35. The minimum absolute atomic E-state index is 0.0201. The predicted octanol–water partition coefficient (Wildman–Crippen LogP) is 3.07. The van der Waals surface area contributed by atoms with E-state index in [1.807, 2.05) is 49.1 Å². The van der Waals surface area contributed by atoms with Crippen molar-refractivity contribution in [3.63, 3.8) is 0 Å². The summed E-state index contributed by atoms with van der Waals surface area (Å²) in [5, 5.41) is 0. The zero-order valence-electron chi connectivity index (χ0n) is 16.2. The van der Waals surface area contributed by atoms with E-state index in [4.69, 9.17) is 4.74 Å². The summed E-state index contributed by atoms with van der Waals surface area (Å²) in [5.41, 5.74) is 4.97. The first kappa shape index (κ1) is 19.1. The third-order valence-corrected chi connectivity index (χ3v) is 5.35. The molecule has 5 nitrogen and oxygen atoms in total. The molecule has 0 aliphatic carbocycles. The van der Waals surface area contributed by atoms with Crippen molar-refractivity contribution in [2.75, 3.05) is 13.7 Å². The summed E-state index contributed by atoms with van der Waals surface area (Å²) in [6.45, 7) is 9.14. The van der Waals surface area contributed by atoms with Gasteiger partial charge in [0.05, 0.1) is 13.7 Å². The topological polar surface area (TPSA) is 51.5 Å². The lowest BCUT2D eigenvalue weighted by molar-refractivity contribution is -0.147. The number of ketones is 1. The van der Waals surface area contributed by atoms with Gasteiger partial charge in [0.25, 0.3) is 0 Å². The molecule has 0 spiro atoms. The molecule has 0 amide bonds. The van der Waals surface area contributed by atoms with Crippen molar-refractivity contribution in [2.45, 2.75) is 39.4 Å². The maximum Gasteiger partial charge on any atom is 0.323 e. The van der Waals surface area contributed by atoms with Crippen LogP contribution in [0.3, 0.4) is 0 Å². The number of aromatic nitrogens is 1. The van der Waals surface area contributed by atoms with Gasteiger partial charge in [-0.25, -0.2) is 0 Å². The van der Waals surface area contributed by atoms with Crippen LogP contribution < -0.4 is 0 Å². The second kappa shape index (κ2) is 7.92. The fraction of sp³-hybridized carbons (Fsp3) is 0.364. The molecule has 0 saturated carbocycles. The number of carbonyl (C=O) groups is 2. The van der Waals surface area contributed by atoms with Gasteiger partial charge in [-0.3, -0.25) is 14.5 Å². The molecular formula is C22H26N2O3. The minimum atomic E-state index is -0.439. The molecule has 27 heavy (non-hydrogen) atoms. The number of Topliss-reactive ketones (excluding diaryl/α,β-unsaturated/α-hetero) is 1. The van der Waals surface area contributed by atoms with E-state index in [-0.39, 0.29) is 18.3 Å². The van der Waals surface area contributed by atoms with Crippen LogP contribution in [0.2, 0.25) is 0 Å². The summed E-state index contributed by atoms with van der Waals surface area (Å²) < 4.78 is 7.07. The number of allylic oxidation sites excluding steroid dienone is 1. The first-order valence-electron chi connectivity index (χ1n) is 9.15. The van der Waals surface area contributed by atoms with E-state index < -0.39 is 6.04 Å². The van der Waals surface area contributed by atoms with Crippen molar-refractivity contribution >= 4 is 11.8 Å². The Kier molecular flexibility index (Phi) is 5.61. The van der Waals surface area contributed by atoms with Gasteiger partial charge in [-0.05, 0) is 37.5 Å². The van der Waals surface area contributed by atoms with Crippen molar-refractivity contribution in [2.24, 2.45) is 0 Å². The van der Waals surface area contributed by atoms with Crippen LogP contribution in [0.15, 0.2) is 43.0 Å². The average molecular weight is 366 g/mol. The van der Waals surface area contributed by atoms with E-state index in [1.54, 1.807) is 0 Å². The Bertz CT molecular complexity index is 882. The van der Waals surface area contributed by atoms with Gasteiger partial charge in [-0.15, -0.1) is 6.58 Å². The van der Waals surface area contributed by atoms with E-state index in [1.165, 1.54) is 7.11 Å². The first-order valence-corrected chi connectivity index (χ1v) is 9.15. The lowest BCUT2D eigenvalue weighted by Crippen LogP contribution is -2.48. The number of carbonyl (C=O) groups excluding carboxylic acids is 2. The number of hydrogen-bond donors (Lipinski definition) is 0. The number of methoxy groups -OCH3 is 1. The van der Waals surface area contributed by atoms with Crippen LogP contribution >= 0.6 is 0 Å². The summed E-state index contributed by atoms with van der Waals surface area (Å²) >= 11 is 0. The molecule has 0 bridgehead atoms. The maximum absolute atomic E-state index is 13.0. The highest BCUT2D eigenvalue weighted by atomic mass is 16.5. The van der Waals surface area contributed by atoms with E-state index in [9.17, 15) is 9.59 Å². The van der Waals surface area contributed by atoms with Crippen LogP contribution in [0, 0.1) is 13.8 Å². The summed E-state index contributed by atoms with van der Waals surface area (Å²) in [4.78, 5) is 27.3. The van der Waals surface area contributed by atoms with Crippen LogP contribution in [-0.4, -0.2) is 40.9 Å². The number of rotatable bonds is 6. The molecule has 1 aromatic carbocycles. The maximum atomic E-state index is 13.0. The van der Waals surface area contributed by atoms with Gasteiger partial charge in [-0.2, -0.15) is 0 Å². The van der Waals surface area contributed by atoms with Gasteiger partial charge in [0.15, 0.2) is 5.78 Å². The van der Waals surface area contributed by atoms with Crippen molar-refractivity contribution < 1.29 is 14.3 Å². The van der Waals surface area contributed by atoms with Crippen LogP contribution in [-0.2, 0) is 29.0 Å². The van der Waals surface area contributed by atoms with Crippen molar-refractivity contribution in [3.8, 4) is 0 Å². The largest absolute Gasteiger partial charge is 0.468 e. The summed E-state index contributed by atoms with van der Waals surface area (Å²) in [7, 11) is 1.39. The number of fused-ring (bicyclic) bond motifs is 1. The highest BCUT2D eigenvalue weighted by Crippen LogP contribution is 2.25. The van der Waals surface area contributed by atoms with Crippen molar-refractivity contribution in [1.82, 2.24) is 9.47 Å². The highest BCUT2D eigenvalue weighted by molar-refractivity contribution is 5.99. The Labute approximate surface area is 160 Å². The standard InChI is InChI=1S/C22H26N2O3/c1-5-10-24-15(2)11-19(16(24)3)21(25)14-23-13-18-9-7-6-8-17(18)12-20(23)22(26)27-4/h5-9,11,20H,1,10,12-14H2,2-4H3. The molecule has 3 rings (SSSR count). The Balaban J connectivity index is 1.86. The Morgan fingerprint density at radius 1 is 1.26 bits per heavy atom. The minimum Gasteiger partial charge on any atom is -0.468 e. The van der Waals surface area contributed by atoms with Gasteiger partial charge in [0, 0.05) is 30.0 Å². The molecule has 2 aromatic rings. The monoisotopic (exact) mass is 366 g/mol. The van der Waals surface area contributed by atoms with Gasteiger partial charge >= 0.3 is 5.97 Å². The molecule has 0 fully saturated rings. The van der Waals surface area contributed by atoms with E-state index in [2.05, 4.69) is 17.2 Å². The predicted molar refractivity (Wildman–Crippen MR) is 105 cm³/mol. The molecule has 1 atom stereocenters. The lowest BCUT2D eigenvalue weighted by atomic mass is 9.93. The molecule has 2 heterocycles. The number of nitrogens with zero attached hydrogens (tertiary/aromatic N) is 2. The normalized spacial score (nSPS) is 16.6. The first-order chi connectivity index (χ1) is 13.0. The summed E-state index contributed by atoms with van der Waals surface area (Å²) in [6.07, 6.45) is 2.38. The van der Waals surface area contributed by atoms with Gasteiger partial charge in [0.1, 0.15) is 6.04 Å². The Hall–Kier alpha value is -2.66. The van der Waals surface area contributed by atoms with E-state index >= 15 is 0 Å². The number of ether oxygens (including phenoxy) is 1. The zero-order valence-corrected chi connectivity index (χ0v) is 16.2. The molecule has 0 saturated heterocycles. The highest BCUT2D eigenvalue weighted by Gasteiger charge is 2.33. The van der Waals surface area contributed by atoms with Crippen LogP contribution in [0.4, 0.5) is 0 Å². The van der Waals surface area contributed by atoms with Gasteiger partial charge in [0.2, 0.25) is 0 Å². The Morgan fingerprint density at radius 3 is 2.63 bits per heavy atom. The Morgan fingerprint density at radius 2 is 1.96 bits per heavy atom. The van der Waals surface area contributed by atoms with Crippen molar-refractivity contribution in [3.05, 3.63) is 71.1 Å². The van der Waals surface area contributed by atoms with E-state index in [0.29, 0.717) is 25.1 Å². The molecule has 1 aliphatic heterocycles. The number of hydrogen-bond acceptors (Lipinski definition) is 4. The average Bonchev–Trinajstić information content (AvgIpc) is 2.95. The molecule has 1 unspecified atom stereocenters. The molecule has 0 N–H and O–H groups in total. The molecule has 0 radical (unpaired) electrons. The number of benzene rings is 1. The second-order valence-electron chi connectivity index (χ2n) is 7.02. The number of esters is 1. The summed E-state index contributed by atoms with van der Waals surface area (Å²) in [5.74, 6) is -0.277. The fourth-order valence-electron chi connectivity index (χ4n) is 3.87. The van der Waals surface area contributed by atoms with E-state index in [0.717, 1.165) is 22.5 Å². The van der Waals surface area contributed by atoms with Crippen molar-refractivity contribution in [1.29, 1.82) is 0 Å². The van der Waals surface area contributed by atoms with Crippen LogP contribution in [0.5, 0.6) is 0 Å². The second-order valence-corrected chi connectivity index (χ2v) is 7.02. The van der Waals surface area contributed by atoms with Crippen LogP contribution in [0.1, 0.15) is 32.9 Å². The lowest BCUT2D eigenvalue weighted by Gasteiger charge is -2.34. The number of aryl methyl sites for hydroxylation is 1. The smallest absolute Gasteiger partial charge is 0.323 e. The zero-order chi connectivity index (χ0) is 19.6. The third kappa shape index (κ3) is 3.74. The molecule has 1 aliphatic rings. The van der Waals surface area contributed by atoms with Gasteiger partial charge in [-0.1, -0.05) is 30.3 Å². The van der Waals surface area contributed by atoms with Gasteiger partial charge < -0.3 is 9.30 Å². The molecular weight excluding hydrogens is 340 g/mol. The van der Waals surface area contributed by atoms with Crippen LogP contribution in [0.25, 0.3) is 0 Å². The quantitative estimate of drug-likeness (QED) is 0.448. The molecule has 1 aromatic heterocycles. The SMILES string of the molecule is C=CCn1c(C)cc(C(=O)CN2Cc3ccccc3CC2C(=O)OC)c1C. The summed E-state index contributed by atoms with van der Waals surface area (Å²) in [6, 6.07) is 9.53. The molecule has 142 valence electrons.